The summed E-state index contributed by atoms with van der Waals surface area (Å²) in [5.41, 5.74) is 5.97. The number of thiazole rings is 1. The molecule has 0 spiro atoms. The molecule has 2 heterocycles. The van der Waals surface area contributed by atoms with E-state index in [1.54, 1.807) is 11.3 Å². The van der Waals surface area contributed by atoms with E-state index in [0.29, 0.717) is 5.13 Å². The van der Waals surface area contributed by atoms with Crippen LogP contribution < -0.4 is 16.4 Å². The molecule has 2 aromatic rings. The fourth-order valence-corrected chi connectivity index (χ4v) is 3.06. The molecular weight excluding hydrogens is 296 g/mol. The summed E-state index contributed by atoms with van der Waals surface area (Å²) < 4.78 is 0. The fourth-order valence-electron chi connectivity index (χ4n) is 1.43. The monoisotopic (exact) mass is 310 g/mol. The van der Waals surface area contributed by atoms with E-state index in [2.05, 4.69) is 15.6 Å². The van der Waals surface area contributed by atoms with Crippen LogP contribution in [-0.2, 0) is 9.59 Å². The zero-order valence-corrected chi connectivity index (χ0v) is 12.4. The molecule has 0 saturated heterocycles. The first kappa shape index (κ1) is 14.6. The zero-order chi connectivity index (χ0) is 14.5. The van der Waals surface area contributed by atoms with E-state index >= 15 is 0 Å². The van der Waals surface area contributed by atoms with Crippen molar-refractivity contribution in [3.8, 4) is 10.6 Å². The molecule has 0 radical (unpaired) electrons. The molecule has 106 valence electrons. The van der Waals surface area contributed by atoms with Crippen LogP contribution in [0, 0.1) is 6.92 Å². The first-order valence-electron chi connectivity index (χ1n) is 5.87. The summed E-state index contributed by atoms with van der Waals surface area (Å²) in [6, 6.07) is 4.03. The van der Waals surface area contributed by atoms with Gasteiger partial charge in [-0.15, -0.1) is 22.7 Å². The van der Waals surface area contributed by atoms with E-state index in [4.69, 9.17) is 5.73 Å². The van der Waals surface area contributed by atoms with Gasteiger partial charge in [-0.1, -0.05) is 0 Å². The number of nitrogens with zero attached hydrogens (tertiary/aromatic N) is 1. The fraction of sp³-hybridized carbons (Fsp3) is 0.250. The molecule has 0 aliphatic heterocycles. The third-order valence-electron chi connectivity index (χ3n) is 2.37. The Balaban J connectivity index is 1.93. The van der Waals surface area contributed by atoms with Gasteiger partial charge >= 0.3 is 0 Å². The maximum Gasteiger partial charge on any atom is 0.245 e. The van der Waals surface area contributed by atoms with Crippen molar-refractivity contribution in [2.45, 2.75) is 6.92 Å². The molecule has 0 saturated carbocycles. The van der Waals surface area contributed by atoms with Gasteiger partial charge in [0.2, 0.25) is 11.8 Å². The summed E-state index contributed by atoms with van der Waals surface area (Å²) in [6.07, 6.45) is 0. The molecular formula is C12H14N4O2S2. The number of amides is 2. The van der Waals surface area contributed by atoms with Crippen molar-refractivity contribution in [2.75, 3.05) is 18.4 Å². The summed E-state index contributed by atoms with van der Waals surface area (Å²) in [7, 11) is 0. The Morgan fingerprint density at radius 3 is 2.80 bits per heavy atom. The topological polar surface area (TPSA) is 97.1 Å². The third kappa shape index (κ3) is 3.86. The largest absolute Gasteiger partial charge is 0.346 e. The molecule has 0 aliphatic carbocycles. The molecule has 0 fully saturated rings. The highest BCUT2D eigenvalue weighted by molar-refractivity contribution is 7.17. The summed E-state index contributed by atoms with van der Waals surface area (Å²) in [4.78, 5) is 29.1. The van der Waals surface area contributed by atoms with Gasteiger partial charge in [0.25, 0.3) is 0 Å². The number of carbonyl (C=O) groups is 2. The predicted octanol–water partition coefficient (Wildman–Crippen LogP) is 1.19. The number of aromatic nitrogens is 1. The van der Waals surface area contributed by atoms with Crippen molar-refractivity contribution in [1.29, 1.82) is 0 Å². The molecule has 0 aliphatic rings. The van der Waals surface area contributed by atoms with Gasteiger partial charge in [-0.2, -0.15) is 0 Å². The van der Waals surface area contributed by atoms with Crippen molar-refractivity contribution < 1.29 is 9.59 Å². The van der Waals surface area contributed by atoms with E-state index in [0.717, 1.165) is 10.6 Å². The number of carbonyl (C=O) groups excluding carboxylic acids is 2. The Kier molecular flexibility index (Phi) is 4.83. The molecule has 8 heteroatoms. The van der Waals surface area contributed by atoms with Gasteiger partial charge in [0.15, 0.2) is 5.13 Å². The number of nitrogens with one attached hydrogen (secondary N) is 2. The van der Waals surface area contributed by atoms with Crippen LogP contribution in [0.25, 0.3) is 10.6 Å². The van der Waals surface area contributed by atoms with Crippen molar-refractivity contribution in [3.63, 3.8) is 0 Å². The average Bonchev–Trinajstić information content (AvgIpc) is 3.05. The molecule has 2 aromatic heterocycles. The maximum absolute atomic E-state index is 11.6. The van der Waals surface area contributed by atoms with Gasteiger partial charge in [-0.3, -0.25) is 9.59 Å². The Labute approximate surface area is 124 Å². The molecule has 6 nitrogen and oxygen atoms in total. The molecule has 0 aromatic carbocycles. The van der Waals surface area contributed by atoms with Crippen LogP contribution in [0.1, 0.15) is 4.88 Å². The first-order valence-corrected chi connectivity index (χ1v) is 7.57. The highest BCUT2D eigenvalue weighted by Crippen LogP contribution is 2.30. The van der Waals surface area contributed by atoms with Crippen LogP contribution in [0.4, 0.5) is 5.13 Å². The minimum absolute atomic E-state index is 0.108. The van der Waals surface area contributed by atoms with Crippen LogP contribution >= 0.6 is 22.7 Å². The Hall–Kier alpha value is -1.77. The SMILES string of the molecule is Cc1ccc(-c2csc(NC(=O)CNC(=O)CN)n2)s1. The Bertz CT molecular complexity index is 621. The summed E-state index contributed by atoms with van der Waals surface area (Å²) >= 11 is 3.00. The number of aryl methyl sites for hydroxylation is 1. The highest BCUT2D eigenvalue weighted by Gasteiger charge is 2.09. The van der Waals surface area contributed by atoms with Crippen LogP contribution in [-0.4, -0.2) is 29.9 Å². The standard InChI is InChI=1S/C12H14N4O2S2/c1-7-2-3-9(20-7)8-6-19-12(15-8)16-11(18)5-14-10(17)4-13/h2-3,6H,4-5,13H2,1H3,(H,14,17)(H,15,16,18). The number of rotatable bonds is 5. The van der Waals surface area contributed by atoms with Gasteiger partial charge < -0.3 is 16.4 Å². The second-order valence-corrected chi connectivity index (χ2v) is 6.12. The minimum Gasteiger partial charge on any atom is -0.346 e. The van der Waals surface area contributed by atoms with Crippen LogP contribution in [0.2, 0.25) is 0 Å². The van der Waals surface area contributed by atoms with Crippen LogP contribution in [0.15, 0.2) is 17.5 Å². The lowest BCUT2D eigenvalue weighted by atomic mass is 10.4. The van der Waals surface area contributed by atoms with Gasteiger partial charge in [-0.05, 0) is 19.1 Å². The average molecular weight is 310 g/mol. The second-order valence-electron chi connectivity index (χ2n) is 3.98. The van der Waals surface area contributed by atoms with E-state index in [1.165, 1.54) is 16.2 Å². The molecule has 2 amide bonds. The van der Waals surface area contributed by atoms with E-state index in [1.807, 2.05) is 24.4 Å². The Morgan fingerprint density at radius 1 is 1.35 bits per heavy atom. The lowest BCUT2D eigenvalue weighted by molar-refractivity contribution is -0.123. The quantitative estimate of drug-likeness (QED) is 0.773. The van der Waals surface area contributed by atoms with Crippen LogP contribution in [0.5, 0.6) is 0 Å². The first-order chi connectivity index (χ1) is 9.58. The van der Waals surface area contributed by atoms with Crippen molar-refractivity contribution >= 4 is 39.6 Å². The number of hydrogen-bond donors (Lipinski definition) is 3. The summed E-state index contributed by atoms with van der Waals surface area (Å²) in [5, 5.41) is 7.43. The number of nitrogens with two attached hydrogens (primary N) is 1. The number of anilines is 1. The molecule has 20 heavy (non-hydrogen) atoms. The summed E-state index contributed by atoms with van der Waals surface area (Å²) in [5.74, 6) is -0.691. The lowest BCUT2D eigenvalue weighted by Crippen LogP contribution is -2.36. The minimum atomic E-state index is -0.367. The molecule has 0 unspecified atom stereocenters. The predicted molar refractivity (Wildman–Crippen MR) is 80.9 cm³/mol. The molecule has 0 bridgehead atoms. The smallest absolute Gasteiger partial charge is 0.245 e. The van der Waals surface area contributed by atoms with E-state index < -0.39 is 0 Å². The van der Waals surface area contributed by atoms with Gasteiger partial charge in [-0.25, -0.2) is 4.98 Å². The van der Waals surface area contributed by atoms with Gasteiger partial charge in [0, 0.05) is 10.3 Å². The number of hydrogen-bond acceptors (Lipinski definition) is 6. The van der Waals surface area contributed by atoms with Gasteiger partial charge in [0.05, 0.1) is 23.7 Å². The van der Waals surface area contributed by atoms with Crippen molar-refractivity contribution in [2.24, 2.45) is 5.73 Å². The van der Waals surface area contributed by atoms with E-state index in [9.17, 15) is 9.59 Å². The van der Waals surface area contributed by atoms with Crippen molar-refractivity contribution in [1.82, 2.24) is 10.3 Å². The van der Waals surface area contributed by atoms with Crippen LogP contribution in [0.3, 0.4) is 0 Å². The van der Waals surface area contributed by atoms with E-state index in [-0.39, 0.29) is 24.9 Å². The maximum atomic E-state index is 11.6. The Morgan fingerprint density at radius 2 is 2.15 bits per heavy atom. The third-order valence-corrected chi connectivity index (χ3v) is 4.16. The molecule has 4 N–H and O–H groups in total. The van der Waals surface area contributed by atoms with Crippen molar-refractivity contribution in [3.05, 3.63) is 22.4 Å². The van der Waals surface area contributed by atoms with Gasteiger partial charge in [0.1, 0.15) is 0 Å². The normalized spacial score (nSPS) is 10.3. The lowest BCUT2D eigenvalue weighted by Gasteiger charge is -2.02. The summed E-state index contributed by atoms with van der Waals surface area (Å²) in [6.45, 7) is 1.79. The second kappa shape index (κ2) is 6.60. The molecule has 2 rings (SSSR count). The molecule has 0 atom stereocenters. The number of thiophene rings is 1. The highest BCUT2D eigenvalue weighted by atomic mass is 32.1. The zero-order valence-electron chi connectivity index (χ0n) is 10.8.